The van der Waals surface area contributed by atoms with Crippen LogP contribution in [0.5, 0.6) is 0 Å². The van der Waals surface area contributed by atoms with Crippen LogP contribution in [0, 0.1) is 5.92 Å². The van der Waals surface area contributed by atoms with Crippen LogP contribution in [0.4, 0.5) is 5.69 Å². The Morgan fingerprint density at radius 3 is 2.59 bits per heavy atom. The molecule has 0 aliphatic carbocycles. The molecular weight excluding hydrogens is 428 g/mol. The molecule has 0 atom stereocenters. The fourth-order valence-corrected chi connectivity index (χ4v) is 4.43. The van der Waals surface area contributed by atoms with Crippen LogP contribution in [0.3, 0.4) is 0 Å². The van der Waals surface area contributed by atoms with Crippen molar-refractivity contribution in [3.63, 3.8) is 0 Å². The van der Waals surface area contributed by atoms with Gasteiger partial charge in [0.2, 0.25) is 11.8 Å². The standard InChI is InChI=1S/C26H28N6O2/c33-25(10-9-20-6-2-1-3-7-20)30-14-11-21(12-15-30)26(34)29-22-16-27-32(18-22)19-23-17-31-13-5-4-8-24(31)28-23/h1-8,13,16-18,21H,9-12,14-15,19H2,(H,29,34). The summed E-state index contributed by atoms with van der Waals surface area (Å²) >= 11 is 0. The van der Waals surface area contributed by atoms with E-state index in [1.807, 2.05) is 76.4 Å². The van der Waals surface area contributed by atoms with Crippen LogP contribution in [-0.4, -0.2) is 49.0 Å². The lowest BCUT2D eigenvalue weighted by Gasteiger charge is -2.31. The lowest BCUT2D eigenvalue weighted by Crippen LogP contribution is -2.41. The highest BCUT2D eigenvalue weighted by Gasteiger charge is 2.27. The molecule has 5 rings (SSSR count). The fraction of sp³-hybridized carbons (Fsp3) is 0.308. The van der Waals surface area contributed by atoms with Crippen LogP contribution >= 0.6 is 0 Å². The van der Waals surface area contributed by atoms with E-state index in [2.05, 4.69) is 15.4 Å². The quantitative estimate of drug-likeness (QED) is 0.462. The largest absolute Gasteiger partial charge is 0.343 e. The minimum Gasteiger partial charge on any atom is -0.343 e. The molecule has 8 heteroatoms. The normalized spacial score (nSPS) is 14.4. The molecule has 0 saturated carbocycles. The number of rotatable bonds is 7. The number of imidazole rings is 1. The highest BCUT2D eigenvalue weighted by molar-refractivity contribution is 5.92. The maximum absolute atomic E-state index is 12.8. The number of hydrogen-bond donors (Lipinski definition) is 1. The van der Waals surface area contributed by atoms with Crippen LogP contribution < -0.4 is 5.32 Å². The first kappa shape index (κ1) is 21.9. The molecule has 4 aromatic rings. The first-order valence-corrected chi connectivity index (χ1v) is 11.7. The van der Waals surface area contributed by atoms with E-state index in [1.54, 1.807) is 10.9 Å². The van der Waals surface area contributed by atoms with Crippen molar-refractivity contribution in [2.24, 2.45) is 5.92 Å². The summed E-state index contributed by atoms with van der Waals surface area (Å²) in [6.45, 7) is 1.78. The second kappa shape index (κ2) is 9.91. The van der Waals surface area contributed by atoms with Crippen molar-refractivity contribution in [1.29, 1.82) is 0 Å². The third-order valence-electron chi connectivity index (χ3n) is 6.33. The summed E-state index contributed by atoms with van der Waals surface area (Å²) in [5, 5.41) is 7.34. The number of nitrogens with one attached hydrogen (secondary N) is 1. The summed E-state index contributed by atoms with van der Waals surface area (Å²) in [4.78, 5) is 31.8. The number of aromatic nitrogens is 4. The molecule has 4 heterocycles. The number of amides is 2. The zero-order valence-corrected chi connectivity index (χ0v) is 19.0. The molecular formula is C26H28N6O2. The summed E-state index contributed by atoms with van der Waals surface area (Å²) in [5.41, 5.74) is 3.64. The summed E-state index contributed by atoms with van der Waals surface area (Å²) in [6, 6.07) is 15.9. The van der Waals surface area contributed by atoms with Crippen LogP contribution in [0.1, 0.15) is 30.5 Å². The maximum Gasteiger partial charge on any atom is 0.227 e. The van der Waals surface area contributed by atoms with Crippen LogP contribution in [0.2, 0.25) is 0 Å². The Morgan fingerprint density at radius 1 is 1.00 bits per heavy atom. The van der Waals surface area contributed by atoms with E-state index >= 15 is 0 Å². The molecule has 174 valence electrons. The Kier molecular flexibility index (Phi) is 6.38. The Bertz CT molecular complexity index is 1240. The van der Waals surface area contributed by atoms with E-state index in [9.17, 15) is 9.59 Å². The number of likely N-dealkylation sites (tertiary alicyclic amines) is 1. The Balaban J connectivity index is 1.09. The molecule has 0 radical (unpaired) electrons. The maximum atomic E-state index is 12.8. The number of aryl methyl sites for hydroxylation is 1. The molecule has 2 amide bonds. The lowest BCUT2D eigenvalue weighted by atomic mass is 9.95. The first-order chi connectivity index (χ1) is 16.6. The van der Waals surface area contributed by atoms with Gasteiger partial charge in [-0.25, -0.2) is 4.98 Å². The highest BCUT2D eigenvalue weighted by atomic mass is 16.2. The Labute approximate surface area is 198 Å². The Hall–Kier alpha value is -3.94. The van der Waals surface area contributed by atoms with Crippen molar-refractivity contribution in [2.75, 3.05) is 18.4 Å². The molecule has 1 saturated heterocycles. The molecule has 1 fully saturated rings. The third kappa shape index (κ3) is 5.17. The van der Waals surface area contributed by atoms with Gasteiger partial charge in [-0.3, -0.25) is 14.3 Å². The number of nitrogens with zero attached hydrogens (tertiary/aromatic N) is 5. The van der Waals surface area contributed by atoms with E-state index in [0.717, 1.165) is 17.8 Å². The zero-order chi connectivity index (χ0) is 23.3. The van der Waals surface area contributed by atoms with Gasteiger partial charge < -0.3 is 14.6 Å². The average Bonchev–Trinajstić information content (AvgIpc) is 3.49. The number of piperidine rings is 1. The predicted octanol–water partition coefficient (Wildman–Crippen LogP) is 3.39. The zero-order valence-electron chi connectivity index (χ0n) is 19.0. The molecule has 34 heavy (non-hydrogen) atoms. The fourth-order valence-electron chi connectivity index (χ4n) is 4.43. The van der Waals surface area contributed by atoms with E-state index in [0.29, 0.717) is 44.6 Å². The molecule has 1 aliphatic heterocycles. The molecule has 1 N–H and O–H groups in total. The van der Waals surface area contributed by atoms with Gasteiger partial charge in [0, 0.05) is 44.0 Å². The number of anilines is 1. The second-order valence-electron chi connectivity index (χ2n) is 8.75. The summed E-state index contributed by atoms with van der Waals surface area (Å²) < 4.78 is 3.74. The van der Waals surface area contributed by atoms with E-state index in [1.165, 1.54) is 5.56 Å². The van der Waals surface area contributed by atoms with Crippen molar-refractivity contribution in [1.82, 2.24) is 24.1 Å². The smallest absolute Gasteiger partial charge is 0.227 e. The minimum atomic E-state index is -0.0973. The van der Waals surface area contributed by atoms with Gasteiger partial charge in [0.05, 0.1) is 24.1 Å². The van der Waals surface area contributed by atoms with Gasteiger partial charge in [0.1, 0.15) is 5.65 Å². The van der Waals surface area contributed by atoms with E-state index in [-0.39, 0.29) is 17.7 Å². The molecule has 8 nitrogen and oxygen atoms in total. The molecule has 0 spiro atoms. The van der Waals surface area contributed by atoms with E-state index in [4.69, 9.17) is 0 Å². The summed E-state index contributed by atoms with van der Waals surface area (Å²) in [6.07, 6.45) is 10.0. The predicted molar refractivity (Wildman–Crippen MR) is 129 cm³/mol. The van der Waals surface area contributed by atoms with Gasteiger partial charge in [-0.1, -0.05) is 36.4 Å². The van der Waals surface area contributed by atoms with Gasteiger partial charge in [-0.2, -0.15) is 5.10 Å². The number of hydrogen-bond acceptors (Lipinski definition) is 4. The Morgan fingerprint density at radius 2 is 1.79 bits per heavy atom. The minimum absolute atomic E-state index is 0.0105. The summed E-state index contributed by atoms with van der Waals surface area (Å²) in [5.74, 6) is 0.0551. The monoisotopic (exact) mass is 456 g/mol. The molecule has 1 aromatic carbocycles. The number of pyridine rings is 1. The van der Waals surface area contributed by atoms with Gasteiger partial charge in [-0.05, 0) is 37.0 Å². The summed E-state index contributed by atoms with van der Waals surface area (Å²) in [7, 11) is 0. The van der Waals surface area contributed by atoms with Gasteiger partial charge >= 0.3 is 0 Å². The van der Waals surface area contributed by atoms with Crippen molar-refractivity contribution in [2.45, 2.75) is 32.2 Å². The van der Waals surface area contributed by atoms with Crippen molar-refractivity contribution in [3.8, 4) is 0 Å². The SMILES string of the molecule is O=C(Nc1cnn(Cc2cn3ccccc3n2)c1)C1CCN(C(=O)CCc2ccccc2)CC1. The molecule has 0 unspecified atom stereocenters. The van der Waals surface area contributed by atoms with Gasteiger partial charge in [-0.15, -0.1) is 0 Å². The van der Waals surface area contributed by atoms with Crippen molar-refractivity contribution < 1.29 is 9.59 Å². The topological polar surface area (TPSA) is 84.5 Å². The molecule has 0 bridgehead atoms. The number of fused-ring (bicyclic) bond motifs is 1. The lowest BCUT2D eigenvalue weighted by molar-refractivity contribution is -0.134. The van der Waals surface area contributed by atoms with Gasteiger partial charge in [0.15, 0.2) is 0 Å². The second-order valence-corrected chi connectivity index (χ2v) is 8.75. The highest BCUT2D eigenvalue weighted by Crippen LogP contribution is 2.20. The number of carbonyl (C=O) groups excluding carboxylic acids is 2. The molecule has 1 aliphatic rings. The molecule has 3 aromatic heterocycles. The first-order valence-electron chi connectivity index (χ1n) is 11.7. The van der Waals surface area contributed by atoms with Gasteiger partial charge in [0.25, 0.3) is 0 Å². The van der Waals surface area contributed by atoms with Crippen LogP contribution in [-0.2, 0) is 22.6 Å². The van der Waals surface area contributed by atoms with E-state index < -0.39 is 0 Å². The third-order valence-corrected chi connectivity index (χ3v) is 6.33. The number of benzene rings is 1. The average molecular weight is 457 g/mol. The van der Waals surface area contributed by atoms with Crippen molar-refractivity contribution >= 4 is 23.1 Å². The van der Waals surface area contributed by atoms with Crippen molar-refractivity contribution in [3.05, 3.63) is 84.6 Å². The van der Waals surface area contributed by atoms with Crippen LogP contribution in [0.25, 0.3) is 5.65 Å². The number of carbonyl (C=O) groups is 2. The van der Waals surface area contributed by atoms with Crippen LogP contribution in [0.15, 0.2) is 73.3 Å².